The molecule has 58 heavy (non-hydrogen) atoms. The van der Waals surface area contributed by atoms with Gasteiger partial charge < -0.3 is 66.3 Å². The Bertz CT molecular complexity index is 1000. The third-order valence-electron chi connectivity index (χ3n) is 8.22. The molecule has 1 aromatic rings. The molecule has 15 nitrogen and oxygen atoms in total. The van der Waals surface area contributed by atoms with E-state index in [4.69, 9.17) is 66.3 Å². The molecule has 15 heteroatoms. The summed E-state index contributed by atoms with van der Waals surface area (Å²) in [6, 6.07) is 5.09. The van der Waals surface area contributed by atoms with Crippen molar-refractivity contribution >= 4 is 6.29 Å². The van der Waals surface area contributed by atoms with Gasteiger partial charge in [0.2, 0.25) is 0 Å². The fourth-order valence-corrected chi connectivity index (χ4v) is 5.22. The molecule has 338 valence electrons. The van der Waals surface area contributed by atoms with Crippen molar-refractivity contribution in [1.29, 1.82) is 0 Å². The number of hydrogen-bond acceptors (Lipinski definition) is 15. The SMILES string of the molecule is O=Cc1ccc2c(c1)OCCOCCOCCCOCCCOCCCOCCCOCCCOCCCOCCCOCCCOCCCOCCCOCCO2. The fraction of sp³-hybridized carbons (Fsp3) is 0.837. The van der Waals surface area contributed by atoms with Gasteiger partial charge >= 0.3 is 0 Å². The quantitative estimate of drug-likeness (QED) is 0.334. The van der Waals surface area contributed by atoms with Crippen molar-refractivity contribution in [2.45, 2.75) is 64.2 Å². The van der Waals surface area contributed by atoms with Crippen LogP contribution >= 0.6 is 0 Å². The maximum atomic E-state index is 11.3. The van der Waals surface area contributed by atoms with Crippen LogP contribution in [0, 0.1) is 0 Å². The van der Waals surface area contributed by atoms with E-state index in [1.54, 1.807) is 18.2 Å². The first-order valence-electron chi connectivity index (χ1n) is 21.7. The second-order valence-corrected chi connectivity index (χ2v) is 13.4. The van der Waals surface area contributed by atoms with Crippen LogP contribution in [0.15, 0.2) is 18.2 Å². The largest absolute Gasteiger partial charge is 0.487 e. The number of hydrogen-bond donors (Lipinski definition) is 0. The molecule has 0 saturated carbocycles. The molecule has 0 bridgehead atoms. The van der Waals surface area contributed by atoms with Gasteiger partial charge in [-0.3, -0.25) is 4.79 Å². The van der Waals surface area contributed by atoms with E-state index in [0.29, 0.717) is 189 Å². The molecule has 2 rings (SSSR count). The molecule has 1 aromatic carbocycles. The van der Waals surface area contributed by atoms with E-state index in [1.165, 1.54) is 0 Å². The Kier molecular flexibility index (Phi) is 38.8. The minimum atomic E-state index is 0.310. The second-order valence-electron chi connectivity index (χ2n) is 13.4. The van der Waals surface area contributed by atoms with Crippen LogP contribution in [0.4, 0.5) is 0 Å². The number of ether oxygens (including phenoxy) is 14. The summed E-state index contributed by atoms with van der Waals surface area (Å²) in [6.07, 6.45) is 9.39. The van der Waals surface area contributed by atoms with Crippen molar-refractivity contribution in [3.63, 3.8) is 0 Å². The molecule has 0 aliphatic carbocycles. The maximum absolute atomic E-state index is 11.3. The Morgan fingerprint density at radius 3 is 0.776 bits per heavy atom. The third kappa shape index (κ3) is 34.8. The summed E-state index contributed by atoms with van der Waals surface area (Å²) in [5.74, 6) is 1.04. The van der Waals surface area contributed by atoms with Crippen LogP contribution in [0.1, 0.15) is 74.6 Å². The predicted octanol–water partition coefficient (Wildman–Crippen LogP) is 5.37. The summed E-state index contributed by atoms with van der Waals surface area (Å²) in [6.45, 7) is 15.9. The summed E-state index contributed by atoms with van der Waals surface area (Å²) >= 11 is 0. The lowest BCUT2D eigenvalue weighted by molar-refractivity contribution is 0.0239. The van der Waals surface area contributed by atoms with Crippen LogP contribution in [0.2, 0.25) is 0 Å². The predicted molar refractivity (Wildman–Crippen MR) is 219 cm³/mol. The van der Waals surface area contributed by atoms with Gasteiger partial charge in [0.15, 0.2) is 11.5 Å². The molecule has 1 aliphatic heterocycles. The van der Waals surface area contributed by atoms with Crippen LogP contribution < -0.4 is 9.47 Å². The van der Waals surface area contributed by atoms with Crippen LogP contribution in [-0.4, -0.2) is 178 Å². The van der Waals surface area contributed by atoms with Crippen molar-refractivity contribution in [2.75, 3.05) is 172 Å². The second kappa shape index (κ2) is 43.1. The summed E-state index contributed by atoms with van der Waals surface area (Å²) in [5.41, 5.74) is 0.506. The van der Waals surface area contributed by atoms with E-state index in [1.807, 2.05) is 0 Å². The number of carbonyl (C=O) groups excluding carboxylic acids is 1. The first-order chi connectivity index (χ1) is 28.9. The van der Waals surface area contributed by atoms with Crippen molar-refractivity contribution in [2.24, 2.45) is 0 Å². The van der Waals surface area contributed by atoms with Gasteiger partial charge in [0.05, 0.1) is 26.4 Å². The Balaban J connectivity index is 1.54. The van der Waals surface area contributed by atoms with Gasteiger partial charge in [-0.25, -0.2) is 0 Å². The first-order valence-corrected chi connectivity index (χ1v) is 21.7. The average Bonchev–Trinajstić information content (AvgIpc) is 3.24. The van der Waals surface area contributed by atoms with Crippen LogP contribution in [-0.2, 0) is 56.8 Å². The number of fused-ring (bicyclic) bond motifs is 1. The van der Waals surface area contributed by atoms with E-state index < -0.39 is 0 Å². The normalized spacial score (nSPS) is 21.9. The molecule has 1 aliphatic rings. The lowest BCUT2D eigenvalue weighted by Crippen LogP contribution is -2.13. The molecule has 1 heterocycles. The topological polar surface area (TPSA) is 146 Å². The highest BCUT2D eigenvalue weighted by Gasteiger charge is 2.08. The van der Waals surface area contributed by atoms with E-state index in [9.17, 15) is 4.79 Å². The van der Waals surface area contributed by atoms with Gasteiger partial charge in [0, 0.05) is 138 Å². The maximum Gasteiger partial charge on any atom is 0.162 e. The standard InChI is InChI=1S/C43H76O15/c44-40-41-11-12-42-43(39-41)58-38-36-56-34-33-54-31-9-29-52-27-7-25-50-23-5-21-48-19-3-17-46-15-1-13-45-14-2-16-47-18-4-20-49-22-6-24-51-26-8-28-53-30-10-32-55-35-37-57-42/h11-12,39-40H,1-10,13-38H2. The lowest BCUT2D eigenvalue weighted by Gasteiger charge is -2.14. The summed E-state index contributed by atoms with van der Waals surface area (Å²) in [5, 5.41) is 0. The smallest absolute Gasteiger partial charge is 0.162 e. The highest BCUT2D eigenvalue weighted by atomic mass is 16.6. The fourth-order valence-electron chi connectivity index (χ4n) is 5.22. The summed E-state index contributed by atoms with van der Waals surface area (Å²) in [4.78, 5) is 11.3. The first kappa shape index (κ1) is 52.1. The van der Waals surface area contributed by atoms with Gasteiger partial charge in [-0.1, -0.05) is 0 Å². The van der Waals surface area contributed by atoms with Gasteiger partial charge in [-0.05, 0) is 82.4 Å². The van der Waals surface area contributed by atoms with Gasteiger partial charge in [-0.2, -0.15) is 0 Å². The Labute approximate surface area is 348 Å². The number of benzene rings is 1. The van der Waals surface area contributed by atoms with Crippen LogP contribution in [0.3, 0.4) is 0 Å². The molecular formula is C43H76O15. The minimum absolute atomic E-state index is 0.310. The van der Waals surface area contributed by atoms with Gasteiger partial charge in [0.1, 0.15) is 19.5 Å². The molecule has 0 radical (unpaired) electrons. The van der Waals surface area contributed by atoms with Gasteiger partial charge in [-0.15, -0.1) is 0 Å². The van der Waals surface area contributed by atoms with E-state index in [0.717, 1.165) is 70.5 Å². The van der Waals surface area contributed by atoms with Crippen LogP contribution in [0.5, 0.6) is 11.5 Å². The molecule has 0 unspecified atom stereocenters. The van der Waals surface area contributed by atoms with Crippen molar-refractivity contribution in [1.82, 2.24) is 0 Å². The van der Waals surface area contributed by atoms with E-state index in [2.05, 4.69) is 0 Å². The number of carbonyl (C=O) groups is 1. The molecule has 0 aromatic heterocycles. The number of aldehydes is 1. The average molecular weight is 833 g/mol. The summed E-state index contributed by atoms with van der Waals surface area (Å²) in [7, 11) is 0. The monoisotopic (exact) mass is 833 g/mol. The lowest BCUT2D eigenvalue weighted by atomic mass is 10.2. The Morgan fingerprint density at radius 1 is 0.276 bits per heavy atom. The zero-order valence-corrected chi connectivity index (χ0v) is 35.4. The Morgan fingerprint density at radius 2 is 0.500 bits per heavy atom. The van der Waals surface area contributed by atoms with Crippen LogP contribution in [0.25, 0.3) is 0 Å². The molecule has 0 saturated heterocycles. The minimum Gasteiger partial charge on any atom is -0.487 e. The van der Waals surface area contributed by atoms with Crippen molar-refractivity contribution < 1.29 is 71.1 Å². The Hall–Kier alpha value is -1.99. The molecule has 0 N–H and O–H groups in total. The molecule has 0 amide bonds. The zero-order valence-electron chi connectivity index (χ0n) is 35.4. The molecule has 0 fully saturated rings. The zero-order chi connectivity index (χ0) is 40.9. The molecule has 0 atom stereocenters. The summed E-state index contributed by atoms with van der Waals surface area (Å²) < 4.78 is 79.8. The number of rotatable bonds is 1. The van der Waals surface area contributed by atoms with Gasteiger partial charge in [0.25, 0.3) is 0 Å². The highest BCUT2D eigenvalue weighted by molar-refractivity contribution is 5.76. The van der Waals surface area contributed by atoms with Crippen molar-refractivity contribution in [3.05, 3.63) is 23.8 Å². The van der Waals surface area contributed by atoms with E-state index in [-0.39, 0.29) is 0 Å². The van der Waals surface area contributed by atoms with E-state index >= 15 is 0 Å². The highest BCUT2D eigenvalue weighted by Crippen LogP contribution is 2.28. The third-order valence-corrected chi connectivity index (χ3v) is 8.22. The van der Waals surface area contributed by atoms with Crippen molar-refractivity contribution in [3.8, 4) is 11.5 Å². The molecule has 0 spiro atoms. The molecular weight excluding hydrogens is 756 g/mol.